The van der Waals surface area contributed by atoms with Crippen LogP contribution < -0.4 is 0 Å². The van der Waals surface area contributed by atoms with Gasteiger partial charge >= 0.3 is 0 Å². The van der Waals surface area contributed by atoms with Gasteiger partial charge in [-0.1, -0.05) is 19.8 Å². The van der Waals surface area contributed by atoms with Gasteiger partial charge in [-0.3, -0.25) is 4.55 Å². The van der Waals surface area contributed by atoms with Crippen LogP contribution in [0.25, 0.3) is 0 Å². The Morgan fingerprint density at radius 3 is 3.00 bits per heavy atom. The Morgan fingerprint density at radius 1 is 1.62 bits per heavy atom. The van der Waals surface area contributed by atoms with E-state index < -0.39 is 11.3 Å². The summed E-state index contributed by atoms with van der Waals surface area (Å²) in [6, 6.07) is 0. The van der Waals surface area contributed by atoms with Gasteiger partial charge in [0.25, 0.3) is 0 Å². The summed E-state index contributed by atoms with van der Waals surface area (Å²) in [6.45, 7) is 3.78. The van der Waals surface area contributed by atoms with E-state index in [4.69, 9.17) is 4.55 Å². The van der Waals surface area contributed by atoms with Crippen LogP contribution >= 0.6 is 0 Å². The number of piperidine rings is 1. The lowest BCUT2D eigenvalue weighted by Gasteiger charge is -2.29. The Balaban J connectivity index is 2.29. The standard InChI is InChI=1S/C9H19NO2S/c1-2-3-5-9-6-4-7-10(8-9)13(11)12/h9H,2-8H2,1H3,(H,11,12). The van der Waals surface area contributed by atoms with Crippen molar-refractivity contribution in [3.05, 3.63) is 0 Å². The maximum Gasteiger partial charge on any atom is 0.234 e. The van der Waals surface area contributed by atoms with Crippen LogP contribution in [-0.2, 0) is 11.3 Å². The summed E-state index contributed by atoms with van der Waals surface area (Å²) in [6.07, 6.45) is 5.98. The molecule has 1 saturated heterocycles. The number of hydrogen-bond donors (Lipinski definition) is 1. The van der Waals surface area contributed by atoms with Gasteiger partial charge in [0.1, 0.15) is 0 Å². The molecule has 13 heavy (non-hydrogen) atoms. The van der Waals surface area contributed by atoms with E-state index in [1.807, 2.05) is 0 Å². The smallest absolute Gasteiger partial charge is 0.234 e. The molecule has 0 aromatic heterocycles. The van der Waals surface area contributed by atoms with Crippen molar-refractivity contribution in [2.24, 2.45) is 5.92 Å². The first-order valence-electron chi connectivity index (χ1n) is 5.10. The second-order valence-corrected chi connectivity index (χ2v) is 4.75. The summed E-state index contributed by atoms with van der Waals surface area (Å²) in [5.74, 6) is 0.643. The van der Waals surface area contributed by atoms with Crippen LogP contribution in [0, 0.1) is 5.92 Å². The molecule has 1 aliphatic rings. The fourth-order valence-corrected chi connectivity index (χ4v) is 2.52. The topological polar surface area (TPSA) is 40.5 Å². The SMILES string of the molecule is CCCCC1CCCN(S(=O)O)C1. The van der Waals surface area contributed by atoms with E-state index in [1.165, 1.54) is 25.7 Å². The molecule has 3 nitrogen and oxygen atoms in total. The third-order valence-electron chi connectivity index (χ3n) is 2.67. The molecule has 0 aromatic carbocycles. The average molecular weight is 205 g/mol. The summed E-state index contributed by atoms with van der Waals surface area (Å²) in [4.78, 5) is 0. The quantitative estimate of drug-likeness (QED) is 0.713. The molecule has 1 fully saturated rings. The number of hydrogen-bond acceptors (Lipinski definition) is 1. The molecule has 4 heteroatoms. The minimum atomic E-state index is -1.74. The van der Waals surface area contributed by atoms with Crippen molar-refractivity contribution >= 4 is 11.3 Å². The Hall–Kier alpha value is 0.0700. The minimum Gasteiger partial charge on any atom is -0.294 e. The maximum absolute atomic E-state index is 10.8. The lowest BCUT2D eigenvalue weighted by molar-refractivity contribution is 0.249. The van der Waals surface area contributed by atoms with Crippen LogP contribution in [-0.4, -0.2) is 26.2 Å². The molecule has 2 atom stereocenters. The fourth-order valence-electron chi connectivity index (χ4n) is 1.90. The zero-order valence-electron chi connectivity index (χ0n) is 8.24. The van der Waals surface area contributed by atoms with Gasteiger partial charge in [-0.15, -0.1) is 0 Å². The van der Waals surface area contributed by atoms with Gasteiger partial charge in [0.05, 0.1) is 0 Å². The molecule has 1 heterocycles. The van der Waals surface area contributed by atoms with Crippen LogP contribution in [0.2, 0.25) is 0 Å². The lowest BCUT2D eigenvalue weighted by Crippen LogP contribution is -2.36. The van der Waals surface area contributed by atoms with Gasteiger partial charge in [-0.05, 0) is 25.2 Å². The van der Waals surface area contributed by atoms with Crippen LogP contribution in [0.4, 0.5) is 0 Å². The van der Waals surface area contributed by atoms with E-state index in [9.17, 15) is 4.21 Å². The molecule has 1 rings (SSSR count). The third kappa shape index (κ3) is 3.75. The second kappa shape index (κ2) is 5.73. The van der Waals surface area contributed by atoms with Crippen molar-refractivity contribution in [2.75, 3.05) is 13.1 Å². The number of rotatable bonds is 4. The molecule has 1 N–H and O–H groups in total. The molecular weight excluding hydrogens is 186 g/mol. The number of unbranched alkanes of at least 4 members (excludes halogenated alkanes) is 1. The molecule has 1 aliphatic heterocycles. The first-order valence-corrected chi connectivity index (χ1v) is 6.16. The summed E-state index contributed by atoms with van der Waals surface area (Å²) < 4.78 is 21.4. The van der Waals surface area contributed by atoms with Crippen LogP contribution in [0.1, 0.15) is 39.0 Å². The molecule has 78 valence electrons. The molecule has 0 radical (unpaired) electrons. The largest absolute Gasteiger partial charge is 0.294 e. The minimum absolute atomic E-state index is 0.643. The summed E-state index contributed by atoms with van der Waals surface area (Å²) >= 11 is -1.74. The normalized spacial score (nSPS) is 27.4. The summed E-state index contributed by atoms with van der Waals surface area (Å²) in [5, 5.41) is 0. The van der Waals surface area contributed by atoms with Crippen LogP contribution in [0.3, 0.4) is 0 Å². The molecular formula is C9H19NO2S. The second-order valence-electron chi connectivity index (χ2n) is 3.77. The van der Waals surface area contributed by atoms with Gasteiger partial charge in [0, 0.05) is 13.1 Å². The lowest BCUT2D eigenvalue weighted by atomic mass is 9.94. The van der Waals surface area contributed by atoms with E-state index in [2.05, 4.69) is 6.92 Å². The molecule has 2 unspecified atom stereocenters. The van der Waals surface area contributed by atoms with Crippen molar-refractivity contribution in [1.29, 1.82) is 0 Å². The van der Waals surface area contributed by atoms with Gasteiger partial charge in [0.2, 0.25) is 11.3 Å². The summed E-state index contributed by atoms with van der Waals surface area (Å²) in [7, 11) is 0. The van der Waals surface area contributed by atoms with Crippen LogP contribution in [0.5, 0.6) is 0 Å². The van der Waals surface area contributed by atoms with Crippen molar-refractivity contribution in [3.8, 4) is 0 Å². The van der Waals surface area contributed by atoms with Gasteiger partial charge in [-0.25, -0.2) is 8.51 Å². The Morgan fingerprint density at radius 2 is 2.38 bits per heavy atom. The Kier molecular flexibility index (Phi) is 4.91. The number of nitrogens with zero attached hydrogens (tertiary/aromatic N) is 1. The van der Waals surface area contributed by atoms with Crippen LogP contribution in [0.15, 0.2) is 0 Å². The molecule has 0 aromatic rings. The van der Waals surface area contributed by atoms with Crippen molar-refractivity contribution in [3.63, 3.8) is 0 Å². The van der Waals surface area contributed by atoms with Crippen molar-refractivity contribution < 1.29 is 8.76 Å². The fraction of sp³-hybridized carbons (Fsp3) is 1.00. The molecule has 0 amide bonds. The predicted octanol–water partition coefficient (Wildman–Crippen LogP) is 2.03. The Labute approximate surface area is 82.9 Å². The highest BCUT2D eigenvalue weighted by molar-refractivity contribution is 7.76. The monoisotopic (exact) mass is 205 g/mol. The molecule has 0 bridgehead atoms. The van der Waals surface area contributed by atoms with E-state index in [0.717, 1.165) is 19.5 Å². The van der Waals surface area contributed by atoms with Gasteiger partial charge < -0.3 is 0 Å². The highest BCUT2D eigenvalue weighted by Crippen LogP contribution is 2.21. The third-order valence-corrected chi connectivity index (χ3v) is 3.44. The van der Waals surface area contributed by atoms with Crippen molar-refractivity contribution in [2.45, 2.75) is 39.0 Å². The van der Waals surface area contributed by atoms with E-state index in [0.29, 0.717) is 5.92 Å². The van der Waals surface area contributed by atoms with Crippen molar-refractivity contribution in [1.82, 2.24) is 4.31 Å². The summed E-state index contributed by atoms with van der Waals surface area (Å²) in [5.41, 5.74) is 0. The zero-order chi connectivity index (χ0) is 9.68. The highest BCUT2D eigenvalue weighted by atomic mass is 32.2. The first-order chi connectivity index (χ1) is 6.24. The first kappa shape index (κ1) is 11.1. The average Bonchev–Trinajstić information content (AvgIpc) is 2.15. The highest BCUT2D eigenvalue weighted by Gasteiger charge is 2.22. The zero-order valence-corrected chi connectivity index (χ0v) is 9.05. The molecule has 0 aliphatic carbocycles. The maximum atomic E-state index is 10.8. The Bertz CT molecular complexity index is 175. The van der Waals surface area contributed by atoms with Gasteiger partial charge in [0.15, 0.2) is 0 Å². The van der Waals surface area contributed by atoms with E-state index in [1.54, 1.807) is 4.31 Å². The van der Waals surface area contributed by atoms with Gasteiger partial charge in [-0.2, -0.15) is 0 Å². The molecule has 0 spiro atoms. The molecule has 0 saturated carbocycles. The van der Waals surface area contributed by atoms with E-state index >= 15 is 0 Å². The van der Waals surface area contributed by atoms with E-state index in [-0.39, 0.29) is 0 Å². The predicted molar refractivity (Wildman–Crippen MR) is 54.6 cm³/mol.